The van der Waals surface area contributed by atoms with Crippen molar-refractivity contribution >= 4 is 44.9 Å². The first kappa shape index (κ1) is 25.3. The van der Waals surface area contributed by atoms with Crippen LogP contribution in [0.3, 0.4) is 0 Å². The number of hydrogen-bond donors (Lipinski definition) is 0. The molecule has 0 aliphatic carbocycles. The maximum atomic E-state index is 12.6. The summed E-state index contributed by atoms with van der Waals surface area (Å²) in [6.45, 7) is 3.29. The summed E-state index contributed by atoms with van der Waals surface area (Å²) in [6.07, 6.45) is 4.91. The van der Waals surface area contributed by atoms with Crippen molar-refractivity contribution in [3.8, 4) is 11.3 Å². The molecular weight excluding hydrogens is 558 g/mol. The van der Waals surface area contributed by atoms with Crippen LogP contribution in [0, 0.1) is 0 Å². The topological polar surface area (TPSA) is 76.6 Å². The standard InChI is InChI=1S/C30H28BrN5O3/c1-34-27(21-5-8-25(9-6-21)35-12-14-38-15-13-35)19-33-30(34)26(18-24-4-2-3-11-32-24)36(20-37)29-17-22-16-23(31)7-10-28(22)39-29/h2-11,16-17,19-20,26H,12-15,18H2,1H3. The first-order chi connectivity index (χ1) is 19.1. The van der Waals surface area contributed by atoms with Gasteiger partial charge in [-0.05, 0) is 48.0 Å². The molecule has 6 rings (SSSR count). The normalized spacial score (nSPS) is 14.5. The number of morpholine rings is 1. The van der Waals surface area contributed by atoms with E-state index >= 15 is 0 Å². The molecule has 3 aromatic heterocycles. The Morgan fingerprint density at radius 1 is 1.05 bits per heavy atom. The molecule has 0 bridgehead atoms. The van der Waals surface area contributed by atoms with Gasteiger partial charge in [-0.1, -0.05) is 34.1 Å². The van der Waals surface area contributed by atoms with E-state index < -0.39 is 6.04 Å². The first-order valence-corrected chi connectivity index (χ1v) is 13.7. The molecule has 1 amide bonds. The van der Waals surface area contributed by atoms with Crippen molar-refractivity contribution in [2.75, 3.05) is 36.1 Å². The van der Waals surface area contributed by atoms with Crippen LogP contribution in [0.15, 0.2) is 88.0 Å². The quantitative estimate of drug-likeness (QED) is 0.215. The molecule has 0 N–H and O–H groups in total. The number of benzene rings is 2. The number of imidazole rings is 1. The largest absolute Gasteiger partial charge is 0.440 e. The molecule has 1 unspecified atom stereocenters. The lowest BCUT2D eigenvalue weighted by Crippen LogP contribution is -2.36. The van der Waals surface area contributed by atoms with E-state index in [2.05, 4.69) is 50.1 Å². The molecular formula is C30H28BrN5O3. The Labute approximate surface area is 235 Å². The van der Waals surface area contributed by atoms with Crippen LogP contribution in [-0.2, 0) is 23.0 Å². The van der Waals surface area contributed by atoms with Crippen molar-refractivity contribution in [1.29, 1.82) is 0 Å². The van der Waals surface area contributed by atoms with Gasteiger partial charge in [0.05, 0.1) is 25.1 Å². The number of anilines is 2. The van der Waals surface area contributed by atoms with E-state index in [9.17, 15) is 4.79 Å². The van der Waals surface area contributed by atoms with Crippen LogP contribution in [-0.4, -0.2) is 47.2 Å². The number of hydrogen-bond acceptors (Lipinski definition) is 6. The minimum atomic E-state index is -0.437. The molecule has 198 valence electrons. The van der Waals surface area contributed by atoms with Gasteiger partial charge in [-0.15, -0.1) is 0 Å². The molecule has 39 heavy (non-hydrogen) atoms. The number of pyridine rings is 1. The van der Waals surface area contributed by atoms with Crippen molar-refractivity contribution in [2.45, 2.75) is 12.5 Å². The van der Waals surface area contributed by atoms with Crippen LogP contribution in [0.25, 0.3) is 22.2 Å². The lowest BCUT2D eigenvalue weighted by Gasteiger charge is -2.29. The molecule has 2 aromatic carbocycles. The molecule has 1 fully saturated rings. The third-order valence-corrected chi connectivity index (χ3v) is 7.65. The van der Waals surface area contributed by atoms with Crippen molar-refractivity contribution < 1.29 is 13.9 Å². The maximum absolute atomic E-state index is 12.6. The van der Waals surface area contributed by atoms with Gasteiger partial charge in [0.15, 0.2) is 0 Å². The van der Waals surface area contributed by atoms with Crippen LogP contribution < -0.4 is 9.80 Å². The molecule has 9 heteroatoms. The summed E-state index contributed by atoms with van der Waals surface area (Å²) in [7, 11) is 1.98. The average molecular weight is 586 g/mol. The molecule has 4 heterocycles. The van der Waals surface area contributed by atoms with Crippen LogP contribution in [0.2, 0.25) is 0 Å². The third kappa shape index (κ3) is 5.20. The van der Waals surface area contributed by atoms with E-state index in [-0.39, 0.29) is 0 Å². The second-order valence-electron chi connectivity index (χ2n) is 9.53. The lowest BCUT2D eigenvalue weighted by atomic mass is 10.1. The smallest absolute Gasteiger partial charge is 0.217 e. The number of carbonyl (C=O) groups is 1. The van der Waals surface area contributed by atoms with E-state index in [0.29, 0.717) is 17.9 Å². The highest BCUT2D eigenvalue weighted by atomic mass is 79.9. The fraction of sp³-hybridized carbons (Fsp3) is 0.233. The number of ether oxygens (including phenoxy) is 1. The zero-order chi connectivity index (χ0) is 26.8. The summed E-state index contributed by atoms with van der Waals surface area (Å²) in [4.78, 5) is 25.9. The molecule has 5 aromatic rings. The number of fused-ring (bicyclic) bond motifs is 1. The molecule has 1 atom stereocenters. The van der Waals surface area contributed by atoms with E-state index in [1.165, 1.54) is 5.69 Å². The second kappa shape index (κ2) is 11.0. The van der Waals surface area contributed by atoms with Gasteiger partial charge in [0.1, 0.15) is 17.4 Å². The summed E-state index contributed by atoms with van der Waals surface area (Å²) in [5.74, 6) is 1.19. The fourth-order valence-electron chi connectivity index (χ4n) is 5.10. The molecule has 0 radical (unpaired) electrons. The Balaban J connectivity index is 1.36. The SMILES string of the molecule is Cn1c(-c2ccc(N3CCOCC3)cc2)cnc1C(Cc1ccccn1)N(C=O)c1cc2cc(Br)ccc2o1. The highest BCUT2D eigenvalue weighted by molar-refractivity contribution is 9.10. The number of aromatic nitrogens is 3. The predicted octanol–water partition coefficient (Wildman–Crippen LogP) is 5.77. The van der Waals surface area contributed by atoms with E-state index in [1.807, 2.05) is 60.3 Å². The van der Waals surface area contributed by atoms with Gasteiger partial charge in [-0.2, -0.15) is 0 Å². The molecule has 1 saturated heterocycles. The zero-order valence-corrected chi connectivity index (χ0v) is 23.1. The summed E-state index contributed by atoms with van der Waals surface area (Å²) < 4.78 is 14.6. The average Bonchev–Trinajstić information content (AvgIpc) is 3.57. The van der Waals surface area contributed by atoms with Crippen molar-refractivity contribution in [3.05, 3.63) is 95.1 Å². The van der Waals surface area contributed by atoms with Crippen LogP contribution in [0.5, 0.6) is 0 Å². The van der Waals surface area contributed by atoms with Gasteiger partial charge < -0.3 is 18.6 Å². The predicted molar refractivity (Wildman–Crippen MR) is 155 cm³/mol. The monoisotopic (exact) mass is 585 g/mol. The summed E-state index contributed by atoms with van der Waals surface area (Å²) in [5.41, 5.74) is 4.76. The number of amides is 1. The molecule has 8 nitrogen and oxygen atoms in total. The van der Waals surface area contributed by atoms with Gasteiger partial charge in [0, 0.05) is 60.1 Å². The van der Waals surface area contributed by atoms with Gasteiger partial charge in [-0.25, -0.2) is 4.98 Å². The van der Waals surface area contributed by atoms with Crippen molar-refractivity contribution in [1.82, 2.24) is 14.5 Å². The van der Waals surface area contributed by atoms with Crippen molar-refractivity contribution in [2.24, 2.45) is 7.05 Å². The molecule has 1 aliphatic rings. The first-order valence-electron chi connectivity index (χ1n) is 12.9. The number of carbonyl (C=O) groups excluding carboxylic acids is 1. The highest BCUT2D eigenvalue weighted by Crippen LogP contribution is 2.35. The highest BCUT2D eigenvalue weighted by Gasteiger charge is 2.29. The molecule has 1 aliphatic heterocycles. The Hall–Kier alpha value is -3.95. The van der Waals surface area contributed by atoms with E-state index in [1.54, 1.807) is 11.1 Å². The van der Waals surface area contributed by atoms with Gasteiger partial charge in [-0.3, -0.25) is 14.7 Å². The van der Waals surface area contributed by atoms with Crippen LogP contribution in [0.4, 0.5) is 11.6 Å². The summed E-state index contributed by atoms with van der Waals surface area (Å²) in [5, 5.41) is 0.906. The Morgan fingerprint density at radius 2 is 1.87 bits per heavy atom. The number of rotatable bonds is 8. The third-order valence-electron chi connectivity index (χ3n) is 7.16. The van der Waals surface area contributed by atoms with Crippen LogP contribution >= 0.6 is 15.9 Å². The fourth-order valence-corrected chi connectivity index (χ4v) is 5.48. The lowest BCUT2D eigenvalue weighted by molar-refractivity contribution is -0.108. The van der Waals surface area contributed by atoms with Gasteiger partial charge in [0.25, 0.3) is 0 Å². The van der Waals surface area contributed by atoms with Gasteiger partial charge in [0.2, 0.25) is 12.3 Å². The summed E-state index contributed by atoms with van der Waals surface area (Å²) in [6, 6.07) is 21.5. The van der Waals surface area contributed by atoms with Crippen molar-refractivity contribution in [3.63, 3.8) is 0 Å². The Bertz CT molecular complexity index is 1580. The summed E-state index contributed by atoms with van der Waals surface area (Å²) >= 11 is 3.51. The number of halogens is 1. The van der Waals surface area contributed by atoms with Gasteiger partial charge >= 0.3 is 0 Å². The molecule has 0 spiro atoms. The second-order valence-corrected chi connectivity index (χ2v) is 10.4. The maximum Gasteiger partial charge on any atom is 0.217 e. The Morgan fingerprint density at radius 3 is 2.62 bits per heavy atom. The van der Waals surface area contributed by atoms with E-state index in [0.717, 1.165) is 65.3 Å². The van der Waals surface area contributed by atoms with Crippen LogP contribution in [0.1, 0.15) is 17.6 Å². The number of nitrogens with zero attached hydrogens (tertiary/aromatic N) is 5. The Kier molecular flexibility index (Phi) is 7.17. The molecule has 0 saturated carbocycles. The van der Waals surface area contributed by atoms with E-state index in [4.69, 9.17) is 14.1 Å². The number of furan rings is 1. The minimum Gasteiger partial charge on any atom is -0.440 e. The zero-order valence-electron chi connectivity index (χ0n) is 21.5. The minimum absolute atomic E-state index is 0.437.